The van der Waals surface area contributed by atoms with E-state index in [0.717, 1.165) is 5.52 Å². The van der Waals surface area contributed by atoms with Crippen molar-refractivity contribution in [2.45, 2.75) is 0 Å². The van der Waals surface area contributed by atoms with Gasteiger partial charge in [-0.2, -0.15) is 5.10 Å². The Hall–Kier alpha value is -2.11. The Balaban J connectivity index is 2.60. The van der Waals surface area contributed by atoms with Gasteiger partial charge >= 0.3 is 5.69 Å². The molecule has 6 nitrogen and oxygen atoms in total. The van der Waals surface area contributed by atoms with Crippen LogP contribution in [0.3, 0.4) is 0 Å². The smallest absolute Gasteiger partial charge is 0.317 e. The van der Waals surface area contributed by atoms with Crippen LogP contribution in [0.4, 0.5) is 11.5 Å². The second kappa shape index (κ2) is 2.99. The summed E-state index contributed by atoms with van der Waals surface area (Å²) < 4.78 is 0. The Morgan fingerprint density at radius 1 is 1.57 bits per heavy atom. The van der Waals surface area contributed by atoms with Crippen molar-refractivity contribution in [3.8, 4) is 0 Å². The molecule has 0 amide bonds. The molecule has 14 heavy (non-hydrogen) atoms. The molecule has 0 unspecified atom stereocenters. The number of anilines is 1. The summed E-state index contributed by atoms with van der Waals surface area (Å²) in [5.74, 6) is 0.367. The van der Waals surface area contributed by atoms with Gasteiger partial charge in [-0.3, -0.25) is 5.10 Å². The second-order valence-electron chi connectivity index (χ2n) is 2.78. The van der Waals surface area contributed by atoms with E-state index in [1.165, 1.54) is 7.11 Å². The van der Waals surface area contributed by atoms with Crippen LogP contribution in [0.25, 0.3) is 10.9 Å². The zero-order chi connectivity index (χ0) is 10.1. The third kappa shape index (κ3) is 1.17. The Morgan fingerprint density at radius 3 is 3.07 bits per heavy atom. The summed E-state index contributed by atoms with van der Waals surface area (Å²) in [6, 6.07) is 4.96. The van der Waals surface area contributed by atoms with Crippen LogP contribution in [0.5, 0.6) is 0 Å². The molecule has 0 radical (unpaired) electrons. The molecule has 6 heteroatoms. The van der Waals surface area contributed by atoms with Crippen molar-refractivity contribution in [1.82, 2.24) is 10.2 Å². The molecular formula is C8H9N4O2+. The average Bonchev–Trinajstić information content (AvgIpc) is 2.59. The lowest BCUT2D eigenvalue weighted by molar-refractivity contribution is -0.736. The van der Waals surface area contributed by atoms with E-state index in [1.54, 1.807) is 18.2 Å². The number of nitrogens with one attached hydrogen (secondary N) is 1. The van der Waals surface area contributed by atoms with E-state index in [9.17, 15) is 4.91 Å². The van der Waals surface area contributed by atoms with E-state index < -0.39 is 0 Å². The molecule has 0 saturated carbocycles. The summed E-state index contributed by atoms with van der Waals surface area (Å²) in [5.41, 5.74) is 6.75. The van der Waals surface area contributed by atoms with Crippen molar-refractivity contribution >= 4 is 22.4 Å². The van der Waals surface area contributed by atoms with Crippen molar-refractivity contribution in [2.24, 2.45) is 0 Å². The van der Waals surface area contributed by atoms with Gasteiger partial charge in [0.15, 0.2) is 12.9 Å². The van der Waals surface area contributed by atoms with Crippen molar-refractivity contribution in [2.75, 3.05) is 12.8 Å². The van der Waals surface area contributed by atoms with E-state index >= 15 is 0 Å². The van der Waals surface area contributed by atoms with Gasteiger partial charge < -0.3 is 5.73 Å². The molecule has 0 aliphatic carbocycles. The monoisotopic (exact) mass is 193 g/mol. The van der Waals surface area contributed by atoms with Gasteiger partial charge in [-0.25, -0.2) is 4.84 Å². The average molecular weight is 193 g/mol. The highest BCUT2D eigenvalue weighted by Crippen LogP contribution is 2.23. The minimum absolute atomic E-state index is 0.367. The van der Waals surface area contributed by atoms with Gasteiger partial charge in [0.2, 0.25) is 0 Å². The fourth-order valence-electron chi connectivity index (χ4n) is 1.24. The van der Waals surface area contributed by atoms with Gasteiger partial charge in [-0.15, -0.1) is 0 Å². The number of nitrogens with zero attached hydrogens (tertiary/aromatic N) is 2. The first-order valence-corrected chi connectivity index (χ1v) is 3.97. The molecule has 2 aromatic rings. The molecule has 2 rings (SSSR count). The number of H-pyrrole nitrogens is 1. The first kappa shape index (κ1) is 8.49. The number of rotatable bonds is 2. The fourth-order valence-corrected chi connectivity index (χ4v) is 1.24. The van der Waals surface area contributed by atoms with E-state index in [0.29, 0.717) is 21.8 Å². The minimum Gasteiger partial charge on any atom is -0.382 e. The number of nitrogens with two attached hydrogens (primary N) is 1. The third-order valence-electron chi connectivity index (χ3n) is 1.95. The van der Waals surface area contributed by atoms with Gasteiger partial charge in [0.1, 0.15) is 0 Å². The maximum atomic E-state index is 11.1. The van der Waals surface area contributed by atoms with Crippen molar-refractivity contribution in [1.29, 1.82) is 0 Å². The molecule has 1 heterocycles. The molecule has 0 saturated heterocycles. The number of hydrogen-bond acceptors (Lipinski definition) is 4. The summed E-state index contributed by atoms with van der Waals surface area (Å²) in [4.78, 5) is 16.0. The zero-order valence-corrected chi connectivity index (χ0v) is 7.52. The minimum atomic E-state index is 0.367. The number of benzene rings is 1. The van der Waals surface area contributed by atoms with Gasteiger partial charge in [0.25, 0.3) is 4.92 Å². The molecule has 1 aromatic carbocycles. The van der Waals surface area contributed by atoms with Crippen LogP contribution in [-0.4, -0.2) is 22.2 Å². The normalized spacial score (nSPS) is 10.4. The maximum absolute atomic E-state index is 11.1. The molecule has 3 N–H and O–H groups in total. The number of fused-ring (bicyclic) bond motifs is 1. The number of aromatic nitrogens is 2. The lowest BCUT2D eigenvalue weighted by atomic mass is 10.2. The van der Waals surface area contributed by atoms with Crippen LogP contribution >= 0.6 is 0 Å². The summed E-state index contributed by atoms with van der Waals surface area (Å²) in [5, 5.41) is 7.26. The molecule has 0 spiro atoms. The van der Waals surface area contributed by atoms with Crippen LogP contribution in [0, 0.1) is 4.91 Å². The van der Waals surface area contributed by atoms with E-state index in [2.05, 4.69) is 15.0 Å². The number of hydrogen-bond donors (Lipinski definition) is 2. The van der Waals surface area contributed by atoms with E-state index in [-0.39, 0.29) is 0 Å². The molecule has 0 bridgehead atoms. The standard InChI is InChI=1S/C8H9N4O2/c1-14-12(13)5-2-3-7-6(4-5)8(9)11-10-7/h2-4H,1H3,(H3,9,10,11)/q+1. The van der Waals surface area contributed by atoms with Gasteiger partial charge in [0.05, 0.1) is 15.8 Å². The summed E-state index contributed by atoms with van der Waals surface area (Å²) in [6.45, 7) is 0. The predicted molar refractivity (Wildman–Crippen MR) is 50.8 cm³/mol. The summed E-state index contributed by atoms with van der Waals surface area (Å²) >= 11 is 0. The molecule has 0 fully saturated rings. The van der Waals surface area contributed by atoms with Crippen molar-refractivity contribution in [3.05, 3.63) is 23.1 Å². The Kier molecular flexibility index (Phi) is 1.81. The maximum Gasteiger partial charge on any atom is 0.317 e. The van der Waals surface area contributed by atoms with Gasteiger partial charge in [0, 0.05) is 12.1 Å². The summed E-state index contributed by atoms with van der Waals surface area (Å²) in [6.07, 6.45) is 0. The Labute approximate surface area is 79.2 Å². The SMILES string of the molecule is CO[N+](=O)c1ccc2[nH]nc(N)c2c1. The molecule has 0 aliphatic heterocycles. The molecular weight excluding hydrogens is 184 g/mol. The molecule has 0 atom stereocenters. The van der Waals surface area contributed by atoms with Crippen LogP contribution < -0.4 is 5.73 Å². The topological polar surface area (TPSA) is 84.0 Å². The highest BCUT2D eigenvalue weighted by atomic mass is 16.8. The first-order chi connectivity index (χ1) is 6.72. The number of nitrogen functional groups attached to an aromatic ring is 1. The van der Waals surface area contributed by atoms with Crippen LogP contribution in [-0.2, 0) is 4.84 Å². The highest BCUT2D eigenvalue weighted by molar-refractivity contribution is 5.90. The molecule has 72 valence electrons. The summed E-state index contributed by atoms with van der Waals surface area (Å²) in [7, 11) is 1.30. The Morgan fingerprint density at radius 2 is 2.36 bits per heavy atom. The van der Waals surface area contributed by atoms with Crippen molar-refractivity contribution < 1.29 is 9.76 Å². The van der Waals surface area contributed by atoms with Crippen LogP contribution in [0.2, 0.25) is 0 Å². The van der Waals surface area contributed by atoms with Crippen LogP contribution in [0.1, 0.15) is 0 Å². The highest BCUT2D eigenvalue weighted by Gasteiger charge is 2.15. The fraction of sp³-hybridized carbons (Fsp3) is 0.125. The largest absolute Gasteiger partial charge is 0.382 e. The van der Waals surface area contributed by atoms with E-state index in [4.69, 9.17) is 5.73 Å². The zero-order valence-electron chi connectivity index (χ0n) is 7.52. The predicted octanol–water partition coefficient (Wildman–Crippen LogP) is 1.12. The lowest BCUT2D eigenvalue weighted by Gasteiger charge is -1.89. The van der Waals surface area contributed by atoms with Gasteiger partial charge in [-0.05, 0) is 6.07 Å². The molecule has 1 aromatic heterocycles. The second-order valence-corrected chi connectivity index (χ2v) is 2.78. The number of aromatic amines is 1. The Bertz CT molecular complexity index is 491. The van der Waals surface area contributed by atoms with Crippen molar-refractivity contribution in [3.63, 3.8) is 0 Å². The lowest BCUT2D eigenvalue weighted by Crippen LogP contribution is -1.97. The van der Waals surface area contributed by atoms with E-state index in [1.807, 2.05) is 0 Å². The third-order valence-corrected chi connectivity index (χ3v) is 1.95. The van der Waals surface area contributed by atoms with Crippen LogP contribution in [0.15, 0.2) is 18.2 Å². The first-order valence-electron chi connectivity index (χ1n) is 3.97. The van der Waals surface area contributed by atoms with Gasteiger partial charge in [-0.1, -0.05) is 0 Å². The quantitative estimate of drug-likeness (QED) is 0.700. The molecule has 0 aliphatic rings.